The molecule has 134 valence electrons. The zero-order valence-electron chi connectivity index (χ0n) is 14.6. The van der Waals surface area contributed by atoms with E-state index in [1.165, 1.54) is 19.3 Å². The third-order valence-corrected chi connectivity index (χ3v) is 4.55. The molecule has 0 saturated heterocycles. The van der Waals surface area contributed by atoms with Crippen molar-refractivity contribution in [2.24, 2.45) is 0 Å². The van der Waals surface area contributed by atoms with E-state index in [1.807, 2.05) is 12.1 Å². The molecule has 0 amide bonds. The number of benzene rings is 1. The predicted molar refractivity (Wildman–Crippen MR) is 104 cm³/mol. The van der Waals surface area contributed by atoms with E-state index in [-0.39, 0.29) is 0 Å². The normalized spacial score (nSPS) is 13.8. The Morgan fingerprint density at radius 3 is 3.08 bits per heavy atom. The lowest BCUT2D eigenvalue weighted by Gasteiger charge is -2.12. The van der Waals surface area contributed by atoms with Gasteiger partial charge in [0.05, 0.1) is 0 Å². The van der Waals surface area contributed by atoms with Gasteiger partial charge in [0, 0.05) is 44.5 Å². The second-order valence-electron chi connectivity index (χ2n) is 6.21. The Bertz CT molecular complexity index is 715. The highest BCUT2D eigenvalue weighted by Gasteiger charge is 2.16. The quantitative estimate of drug-likeness (QED) is 0.611. The van der Waals surface area contributed by atoms with Gasteiger partial charge < -0.3 is 19.9 Å². The molecule has 1 aliphatic heterocycles. The molecule has 6 nitrogen and oxygen atoms in total. The van der Waals surface area contributed by atoms with Crippen LogP contribution in [-0.2, 0) is 17.7 Å². The number of methoxy groups -OCH3 is 1. The van der Waals surface area contributed by atoms with Gasteiger partial charge in [-0.25, -0.2) is 0 Å². The van der Waals surface area contributed by atoms with Crippen molar-refractivity contribution < 1.29 is 4.74 Å². The first-order chi connectivity index (χ1) is 12.3. The van der Waals surface area contributed by atoms with Crippen molar-refractivity contribution in [2.75, 3.05) is 25.6 Å². The Kier molecular flexibility index (Phi) is 6.36. The molecule has 0 unspecified atom stereocenters. The fraction of sp³-hybridized carbons (Fsp3) is 0.500. The van der Waals surface area contributed by atoms with Crippen LogP contribution in [0, 0.1) is 0 Å². The molecular weight excluding hydrogens is 334 g/mol. The molecule has 0 radical (unpaired) electrons. The van der Waals surface area contributed by atoms with E-state index >= 15 is 0 Å². The van der Waals surface area contributed by atoms with Crippen LogP contribution in [0.25, 0.3) is 11.4 Å². The number of nitrogens with one attached hydrogen (secondary N) is 2. The molecule has 2 N–H and O–H groups in total. The molecule has 25 heavy (non-hydrogen) atoms. The molecule has 1 aromatic heterocycles. The van der Waals surface area contributed by atoms with Crippen molar-refractivity contribution in [1.82, 2.24) is 20.1 Å². The summed E-state index contributed by atoms with van der Waals surface area (Å²) in [5, 5.41) is 15.8. The number of aryl methyl sites for hydroxylation is 1. The average Bonchev–Trinajstić information content (AvgIpc) is 2.87. The van der Waals surface area contributed by atoms with E-state index < -0.39 is 0 Å². The fourth-order valence-corrected chi connectivity index (χ4v) is 3.25. The molecule has 0 spiro atoms. The Labute approximate surface area is 154 Å². The van der Waals surface area contributed by atoms with Crippen LogP contribution in [0.1, 0.15) is 31.5 Å². The van der Waals surface area contributed by atoms with Crippen LogP contribution in [0.3, 0.4) is 0 Å². The fourth-order valence-electron chi connectivity index (χ4n) is 3.03. The highest BCUT2D eigenvalue weighted by Crippen LogP contribution is 2.24. The summed E-state index contributed by atoms with van der Waals surface area (Å²) in [6, 6.07) is 8.17. The van der Waals surface area contributed by atoms with Crippen molar-refractivity contribution in [3.8, 4) is 11.4 Å². The summed E-state index contributed by atoms with van der Waals surface area (Å²) < 4.78 is 7.29. The lowest BCUT2D eigenvalue weighted by molar-refractivity contribution is 0.196. The minimum Gasteiger partial charge on any atom is -0.385 e. The first kappa shape index (κ1) is 17.8. The van der Waals surface area contributed by atoms with Crippen molar-refractivity contribution in [2.45, 2.75) is 38.6 Å². The van der Waals surface area contributed by atoms with Gasteiger partial charge >= 0.3 is 0 Å². The number of nitrogens with zero attached hydrogens (tertiary/aromatic N) is 3. The SMILES string of the molecule is COCCCNC(=S)Nc1cccc(-c2nnc3n2CCCCC3)c1. The zero-order valence-corrected chi connectivity index (χ0v) is 15.4. The van der Waals surface area contributed by atoms with Crippen LogP contribution in [0.15, 0.2) is 24.3 Å². The molecule has 0 aliphatic carbocycles. The van der Waals surface area contributed by atoms with Gasteiger partial charge in [-0.05, 0) is 43.6 Å². The lowest BCUT2D eigenvalue weighted by Crippen LogP contribution is -2.29. The number of ether oxygens (including phenoxy) is 1. The summed E-state index contributed by atoms with van der Waals surface area (Å²) in [6.45, 7) is 2.51. The minimum atomic E-state index is 0.619. The van der Waals surface area contributed by atoms with Crippen LogP contribution in [-0.4, -0.2) is 40.1 Å². The largest absolute Gasteiger partial charge is 0.385 e. The van der Waals surface area contributed by atoms with Crippen molar-refractivity contribution in [3.05, 3.63) is 30.1 Å². The molecule has 3 rings (SSSR count). The monoisotopic (exact) mass is 359 g/mol. The molecule has 0 bridgehead atoms. The third kappa shape index (κ3) is 4.76. The third-order valence-electron chi connectivity index (χ3n) is 4.30. The number of rotatable bonds is 6. The maximum atomic E-state index is 5.35. The molecule has 0 saturated carbocycles. The number of hydrogen-bond acceptors (Lipinski definition) is 4. The van der Waals surface area contributed by atoms with E-state index in [4.69, 9.17) is 17.0 Å². The minimum absolute atomic E-state index is 0.619. The summed E-state index contributed by atoms with van der Waals surface area (Å²) in [4.78, 5) is 0. The van der Waals surface area contributed by atoms with Gasteiger partial charge in [-0.1, -0.05) is 18.6 Å². The van der Waals surface area contributed by atoms with E-state index in [0.29, 0.717) is 5.11 Å². The van der Waals surface area contributed by atoms with Gasteiger partial charge in [-0.15, -0.1) is 10.2 Å². The first-order valence-electron chi connectivity index (χ1n) is 8.84. The summed E-state index contributed by atoms with van der Waals surface area (Å²) in [5.41, 5.74) is 2.01. The van der Waals surface area contributed by atoms with Gasteiger partial charge in [-0.3, -0.25) is 0 Å². The standard InChI is InChI=1S/C18H25N5OS/c1-24-12-6-10-19-18(25)20-15-8-5-7-14(13-15)17-22-21-16-9-3-2-4-11-23(16)17/h5,7-8,13H,2-4,6,9-12H2,1H3,(H2,19,20,25). The molecule has 0 atom stereocenters. The second kappa shape index (κ2) is 8.92. The van der Waals surface area contributed by atoms with Crippen LogP contribution >= 0.6 is 12.2 Å². The van der Waals surface area contributed by atoms with E-state index in [9.17, 15) is 0 Å². The lowest BCUT2D eigenvalue weighted by atomic mass is 10.2. The van der Waals surface area contributed by atoms with Crippen LogP contribution in [0.4, 0.5) is 5.69 Å². The average molecular weight is 359 g/mol. The van der Waals surface area contributed by atoms with Crippen LogP contribution in [0.2, 0.25) is 0 Å². The maximum Gasteiger partial charge on any atom is 0.170 e. The zero-order chi connectivity index (χ0) is 17.5. The smallest absolute Gasteiger partial charge is 0.170 e. The van der Waals surface area contributed by atoms with Crippen molar-refractivity contribution >= 4 is 23.0 Å². The van der Waals surface area contributed by atoms with Gasteiger partial charge in [0.15, 0.2) is 10.9 Å². The molecule has 1 aliphatic rings. The Hall–Kier alpha value is -1.99. The number of hydrogen-bond donors (Lipinski definition) is 2. The van der Waals surface area contributed by atoms with Gasteiger partial charge in [0.2, 0.25) is 0 Å². The highest BCUT2D eigenvalue weighted by molar-refractivity contribution is 7.80. The van der Waals surface area contributed by atoms with E-state index in [0.717, 1.165) is 55.4 Å². The maximum absolute atomic E-state index is 5.35. The topological polar surface area (TPSA) is 64.0 Å². The Morgan fingerprint density at radius 1 is 1.28 bits per heavy atom. The molecule has 2 aromatic rings. The summed E-state index contributed by atoms with van der Waals surface area (Å²) >= 11 is 5.35. The Balaban J connectivity index is 1.68. The van der Waals surface area contributed by atoms with E-state index in [2.05, 4.69) is 37.5 Å². The first-order valence-corrected chi connectivity index (χ1v) is 9.25. The van der Waals surface area contributed by atoms with Gasteiger partial charge in [0.25, 0.3) is 0 Å². The summed E-state index contributed by atoms with van der Waals surface area (Å²) in [5.74, 6) is 2.04. The number of thiocarbonyl (C=S) groups is 1. The highest BCUT2D eigenvalue weighted by atomic mass is 32.1. The van der Waals surface area contributed by atoms with Crippen LogP contribution < -0.4 is 10.6 Å². The number of anilines is 1. The molecule has 0 fully saturated rings. The molecular formula is C18H25N5OS. The summed E-state index contributed by atoms with van der Waals surface area (Å²) in [7, 11) is 1.70. The second-order valence-corrected chi connectivity index (χ2v) is 6.62. The van der Waals surface area contributed by atoms with Crippen LogP contribution in [0.5, 0.6) is 0 Å². The Morgan fingerprint density at radius 2 is 2.20 bits per heavy atom. The summed E-state index contributed by atoms with van der Waals surface area (Å²) in [6.07, 6.45) is 5.58. The molecule has 1 aromatic carbocycles. The van der Waals surface area contributed by atoms with Gasteiger partial charge in [-0.2, -0.15) is 0 Å². The van der Waals surface area contributed by atoms with Gasteiger partial charge in [0.1, 0.15) is 5.82 Å². The number of aromatic nitrogens is 3. The van der Waals surface area contributed by atoms with E-state index in [1.54, 1.807) is 7.11 Å². The molecule has 7 heteroatoms. The van der Waals surface area contributed by atoms with Crippen molar-refractivity contribution in [1.29, 1.82) is 0 Å². The molecule has 2 heterocycles. The number of fused-ring (bicyclic) bond motifs is 1. The van der Waals surface area contributed by atoms with Crippen molar-refractivity contribution in [3.63, 3.8) is 0 Å². The predicted octanol–water partition coefficient (Wildman–Crippen LogP) is 2.99.